The number of likely N-dealkylation sites (N-methyl/N-ethyl adjacent to an activating group) is 1. The normalized spacial score (nSPS) is 12.0. The van der Waals surface area contributed by atoms with Gasteiger partial charge in [0, 0.05) is 28.5 Å². The van der Waals surface area contributed by atoms with Crippen molar-refractivity contribution in [1.29, 1.82) is 0 Å². The first-order valence-electron chi connectivity index (χ1n) is 12.1. The van der Waals surface area contributed by atoms with Gasteiger partial charge in [0.25, 0.3) is 0 Å². The van der Waals surface area contributed by atoms with Gasteiger partial charge in [-0.25, -0.2) is 8.42 Å². The molecular formula is C28H31Br2N3O4S. The number of halogens is 2. The Balaban J connectivity index is 2.04. The zero-order valence-electron chi connectivity index (χ0n) is 21.5. The van der Waals surface area contributed by atoms with Crippen molar-refractivity contribution in [3.63, 3.8) is 0 Å². The van der Waals surface area contributed by atoms with Crippen molar-refractivity contribution in [1.82, 2.24) is 10.2 Å². The van der Waals surface area contributed by atoms with Crippen LogP contribution in [-0.4, -0.2) is 50.5 Å². The van der Waals surface area contributed by atoms with Crippen LogP contribution in [0.1, 0.15) is 23.6 Å². The van der Waals surface area contributed by atoms with Gasteiger partial charge in [-0.3, -0.25) is 13.9 Å². The summed E-state index contributed by atoms with van der Waals surface area (Å²) in [5, 5.41) is 2.85. The SMILES string of the molecule is CCNC(=O)[C@@H](Cc1ccccc1)N(Cc1ccc(Br)cc1)C(=O)CN(c1ccc(Br)c(C)c1)S(C)(=O)=O. The van der Waals surface area contributed by atoms with Crippen LogP contribution in [0, 0.1) is 6.92 Å². The summed E-state index contributed by atoms with van der Waals surface area (Å²) >= 11 is 6.86. The Kier molecular flexibility index (Phi) is 10.5. The smallest absolute Gasteiger partial charge is 0.244 e. The first-order chi connectivity index (χ1) is 18.0. The first-order valence-corrected chi connectivity index (χ1v) is 15.5. The van der Waals surface area contributed by atoms with Crippen molar-refractivity contribution < 1.29 is 18.0 Å². The van der Waals surface area contributed by atoms with E-state index in [1.807, 2.05) is 68.4 Å². The Morgan fingerprint density at radius 3 is 2.18 bits per heavy atom. The lowest BCUT2D eigenvalue weighted by Crippen LogP contribution is -2.53. The molecule has 0 aliphatic rings. The van der Waals surface area contributed by atoms with E-state index in [4.69, 9.17) is 0 Å². The van der Waals surface area contributed by atoms with E-state index in [1.165, 1.54) is 4.90 Å². The highest BCUT2D eigenvalue weighted by atomic mass is 79.9. The number of hydrogen-bond donors (Lipinski definition) is 1. The van der Waals surface area contributed by atoms with Crippen LogP contribution in [-0.2, 0) is 32.6 Å². The number of hydrogen-bond acceptors (Lipinski definition) is 4. The number of carbonyl (C=O) groups is 2. The standard InChI is InChI=1S/C28H31Br2N3O4S/c1-4-31-28(35)26(17-21-8-6-5-7-9-21)32(18-22-10-12-23(29)13-11-22)27(34)19-33(38(3,36)37)24-14-15-25(30)20(2)16-24/h5-16,26H,4,17-19H2,1-3H3,(H,31,35)/t26-/m1/s1. The molecule has 0 heterocycles. The summed E-state index contributed by atoms with van der Waals surface area (Å²) in [7, 11) is -3.81. The highest BCUT2D eigenvalue weighted by molar-refractivity contribution is 9.10. The van der Waals surface area contributed by atoms with E-state index in [0.29, 0.717) is 12.2 Å². The Morgan fingerprint density at radius 1 is 0.947 bits per heavy atom. The maximum absolute atomic E-state index is 14.0. The van der Waals surface area contributed by atoms with Crippen LogP contribution in [0.3, 0.4) is 0 Å². The average molecular weight is 665 g/mol. The third kappa shape index (κ3) is 8.15. The summed E-state index contributed by atoms with van der Waals surface area (Å²) < 4.78 is 28.5. The lowest BCUT2D eigenvalue weighted by molar-refractivity contribution is -0.140. The number of benzene rings is 3. The van der Waals surface area contributed by atoms with Crippen LogP contribution in [0.15, 0.2) is 81.7 Å². The predicted octanol–water partition coefficient (Wildman–Crippen LogP) is 5.06. The number of sulfonamides is 1. The molecule has 2 amide bonds. The van der Waals surface area contributed by atoms with Crippen molar-refractivity contribution >= 4 is 59.4 Å². The second kappa shape index (κ2) is 13.4. The van der Waals surface area contributed by atoms with Crippen LogP contribution in [0.5, 0.6) is 0 Å². The van der Waals surface area contributed by atoms with Gasteiger partial charge in [-0.1, -0.05) is 74.3 Å². The third-order valence-electron chi connectivity index (χ3n) is 6.00. The molecule has 0 aliphatic heterocycles. The third-order valence-corrected chi connectivity index (χ3v) is 8.56. The Morgan fingerprint density at radius 2 is 1.61 bits per heavy atom. The first kappa shape index (κ1) is 29.9. The number of nitrogens with one attached hydrogen (secondary N) is 1. The van der Waals surface area contributed by atoms with Gasteiger partial charge in [0.2, 0.25) is 21.8 Å². The van der Waals surface area contributed by atoms with Gasteiger partial charge in [-0.2, -0.15) is 0 Å². The summed E-state index contributed by atoms with van der Waals surface area (Å²) in [4.78, 5) is 28.8. The maximum atomic E-state index is 14.0. The zero-order valence-corrected chi connectivity index (χ0v) is 25.5. The highest BCUT2D eigenvalue weighted by Crippen LogP contribution is 2.25. The molecule has 0 bridgehead atoms. The van der Waals surface area contributed by atoms with E-state index in [0.717, 1.165) is 36.2 Å². The molecule has 0 aliphatic carbocycles. The minimum atomic E-state index is -3.81. The van der Waals surface area contributed by atoms with Gasteiger partial charge < -0.3 is 10.2 Å². The average Bonchev–Trinajstić information content (AvgIpc) is 2.87. The molecule has 0 aromatic heterocycles. The molecular weight excluding hydrogens is 634 g/mol. The van der Waals surface area contributed by atoms with Gasteiger partial charge in [-0.05, 0) is 60.9 Å². The highest BCUT2D eigenvalue weighted by Gasteiger charge is 2.32. The quantitative estimate of drug-likeness (QED) is 0.311. The van der Waals surface area contributed by atoms with E-state index in [-0.39, 0.29) is 18.9 Å². The van der Waals surface area contributed by atoms with Gasteiger partial charge in [0.15, 0.2) is 0 Å². The lowest BCUT2D eigenvalue weighted by atomic mass is 10.0. The Hall–Kier alpha value is -2.69. The van der Waals surface area contributed by atoms with E-state index in [9.17, 15) is 18.0 Å². The number of anilines is 1. The molecule has 0 saturated heterocycles. The van der Waals surface area contributed by atoms with Gasteiger partial charge in [0.1, 0.15) is 12.6 Å². The molecule has 3 aromatic carbocycles. The van der Waals surface area contributed by atoms with E-state index >= 15 is 0 Å². The van der Waals surface area contributed by atoms with Gasteiger partial charge in [0.05, 0.1) is 11.9 Å². The van der Waals surface area contributed by atoms with Crippen molar-refractivity contribution in [2.24, 2.45) is 0 Å². The summed E-state index contributed by atoms with van der Waals surface area (Å²) in [5.74, 6) is -0.779. The monoisotopic (exact) mass is 663 g/mol. The molecule has 38 heavy (non-hydrogen) atoms. The topological polar surface area (TPSA) is 86.8 Å². The summed E-state index contributed by atoms with van der Waals surface area (Å²) in [6, 6.07) is 21.2. The molecule has 3 aromatic rings. The fraction of sp³-hybridized carbons (Fsp3) is 0.286. The fourth-order valence-electron chi connectivity index (χ4n) is 4.03. The molecule has 3 rings (SSSR count). The summed E-state index contributed by atoms with van der Waals surface area (Å²) in [6.07, 6.45) is 1.35. The number of amides is 2. The predicted molar refractivity (Wildman–Crippen MR) is 158 cm³/mol. The van der Waals surface area contributed by atoms with Crippen LogP contribution in [0.4, 0.5) is 5.69 Å². The van der Waals surface area contributed by atoms with Crippen LogP contribution in [0.2, 0.25) is 0 Å². The molecule has 0 radical (unpaired) electrons. The van der Waals surface area contributed by atoms with Crippen LogP contribution in [0.25, 0.3) is 0 Å². The molecule has 1 N–H and O–H groups in total. The van der Waals surface area contributed by atoms with Gasteiger partial charge in [-0.15, -0.1) is 0 Å². The lowest BCUT2D eigenvalue weighted by Gasteiger charge is -2.33. The Labute approximate surface area is 241 Å². The largest absolute Gasteiger partial charge is 0.355 e. The fourth-order valence-corrected chi connectivity index (χ4v) is 5.38. The Bertz CT molecular complexity index is 1370. The number of aryl methyl sites for hydroxylation is 1. The van der Waals surface area contributed by atoms with Crippen LogP contribution >= 0.6 is 31.9 Å². The second-order valence-corrected chi connectivity index (χ2v) is 12.6. The molecule has 0 spiro atoms. The molecule has 1 atom stereocenters. The molecule has 7 nitrogen and oxygen atoms in total. The summed E-state index contributed by atoms with van der Waals surface area (Å²) in [5.41, 5.74) is 2.91. The van der Waals surface area contributed by atoms with E-state index in [1.54, 1.807) is 18.2 Å². The van der Waals surface area contributed by atoms with E-state index < -0.39 is 28.5 Å². The zero-order chi connectivity index (χ0) is 27.9. The number of rotatable bonds is 11. The summed E-state index contributed by atoms with van der Waals surface area (Å²) in [6.45, 7) is 3.76. The number of nitrogens with zero attached hydrogens (tertiary/aromatic N) is 2. The minimum Gasteiger partial charge on any atom is -0.355 e. The van der Waals surface area contributed by atoms with Gasteiger partial charge >= 0.3 is 0 Å². The molecule has 10 heteroatoms. The molecule has 0 saturated carbocycles. The molecule has 202 valence electrons. The van der Waals surface area contributed by atoms with Crippen molar-refractivity contribution in [2.45, 2.75) is 32.9 Å². The van der Waals surface area contributed by atoms with Crippen molar-refractivity contribution in [3.8, 4) is 0 Å². The molecule has 0 unspecified atom stereocenters. The number of carbonyl (C=O) groups excluding carboxylic acids is 2. The molecule has 0 fully saturated rings. The van der Waals surface area contributed by atoms with Crippen molar-refractivity contribution in [3.05, 3.63) is 98.4 Å². The van der Waals surface area contributed by atoms with Crippen LogP contribution < -0.4 is 9.62 Å². The minimum absolute atomic E-state index is 0.137. The maximum Gasteiger partial charge on any atom is 0.244 e. The van der Waals surface area contributed by atoms with E-state index in [2.05, 4.69) is 37.2 Å². The second-order valence-electron chi connectivity index (χ2n) is 8.95. The van der Waals surface area contributed by atoms with Crippen molar-refractivity contribution in [2.75, 3.05) is 23.7 Å².